The molecule has 3 unspecified atom stereocenters. The molecule has 3 rings (SSSR count). The van der Waals surface area contributed by atoms with Crippen LogP contribution in [0.2, 0.25) is 0 Å². The van der Waals surface area contributed by atoms with E-state index in [2.05, 4.69) is 10.1 Å². The van der Waals surface area contributed by atoms with Crippen LogP contribution < -0.4 is 0 Å². The highest BCUT2D eigenvalue weighted by Gasteiger charge is 2.33. The summed E-state index contributed by atoms with van der Waals surface area (Å²) < 4.78 is 2.54. The van der Waals surface area contributed by atoms with Crippen LogP contribution in [-0.4, -0.2) is 14.8 Å². The van der Waals surface area contributed by atoms with Gasteiger partial charge >= 0.3 is 0 Å². The first-order chi connectivity index (χ1) is 8.24. The minimum absolute atomic E-state index is 0.622. The van der Waals surface area contributed by atoms with E-state index in [1.807, 2.05) is 11.7 Å². The summed E-state index contributed by atoms with van der Waals surface area (Å²) in [6.07, 6.45) is 9.82. The Bertz CT molecular complexity index is 448. The van der Waals surface area contributed by atoms with E-state index in [1.165, 1.54) is 44.9 Å². The molecule has 1 aromatic heterocycles. The standard InChI is InChI=1S/C13H21N3S/c1-16-13(17)14-12(15-16)11-7-6-9-4-2-3-5-10(9)8-11/h9-11H,2-8H2,1H3,(H,14,15,17). The summed E-state index contributed by atoms with van der Waals surface area (Å²) in [5, 5.41) is 3.31. The maximum atomic E-state index is 5.18. The molecule has 1 heterocycles. The van der Waals surface area contributed by atoms with Crippen LogP contribution in [0.15, 0.2) is 0 Å². The van der Waals surface area contributed by atoms with Gasteiger partial charge in [0.25, 0.3) is 0 Å². The first kappa shape index (κ1) is 11.5. The Balaban J connectivity index is 1.75. The molecular formula is C13H21N3S. The van der Waals surface area contributed by atoms with Crippen LogP contribution in [-0.2, 0) is 7.05 Å². The van der Waals surface area contributed by atoms with Gasteiger partial charge in [0, 0.05) is 13.0 Å². The zero-order valence-electron chi connectivity index (χ0n) is 10.5. The molecule has 4 heteroatoms. The molecular weight excluding hydrogens is 230 g/mol. The van der Waals surface area contributed by atoms with E-state index in [0.717, 1.165) is 17.7 Å². The van der Waals surface area contributed by atoms with Gasteiger partial charge in [-0.2, -0.15) is 0 Å². The van der Waals surface area contributed by atoms with Gasteiger partial charge in [-0.15, -0.1) is 0 Å². The van der Waals surface area contributed by atoms with Gasteiger partial charge in [0.05, 0.1) is 0 Å². The average molecular weight is 251 g/mol. The molecule has 0 aromatic carbocycles. The number of rotatable bonds is 1. The van der Waals surface area contributed by atoms with E-state index >= 15 is 0 Å². The van der Waals surface area contributed by atoms with Crippen LogP contribution in [0.25, 0.3) is 0 Å². The quantitative estimate of drug-likeness (QED) is 0.774. The molecule has 2 saturated carbocycles. The molecule has 0 bridgehead atoms. The monoisotopic (exact) mass is 251 g/mol. The van der Waals surface area contributed by atoms with Gasteiger partial charge in [-0.3, -0.25) is 9.78 Å². The number of aryl methyl sites for hydroxylation is 1. The fraction of sp³-hybridized carbons (Fsp3) is 0.846. The van der Waals surface area contributed by atoms with Gasteiger partial charge in [-0.1, -0.05) is 25.7 Å². The number of aromatic amines is 1. The van der Waals surface area contributed by atoms with E-state index in [9.17, 15) is 0 Å². The molecule has 2 aliphatic carbocycles. The summed E-state index contributed by atoms with van der Waals surface area (Å²) in [6, 6.07) is 0. The lowest BCUT2D eigenvalue weighted by Gasteiger charge is -2.38. The van der Waals surface area contributed by atoms with Crippen molar-refractivity contribution in [3.63, 3.8) is 0 Å². The van der Waals surface area contributed by atoms with Gasteiger partial charge in [0.15, 0.2) is 0 Å². The predicted octanol–water partition coefficient (Wildman–Crippen LogP) is 3.55. The summed E-state index contributed by atoms with van der Waals surface area (Å²) in [7, 11) is 1.95. The predicted molar refractivity (Wildman–Crippen MR) is 70.4 cm³/mol. The third kappa shape index (κ3) is 2.19. The first-order valence-corrected chi connectivity index (χ1v) is 7.28. The molecule has 1 aromatic rings. The van der Waals surface area contributed by atoms with Crippen LogP contribution in [0.4, 0.5) is 0 Å². The fourth-order valence-corrected chi connectivity index (χ4v) is 3.87. The number of fused-ring (bicyclic) bond motifs is 1. The number of nitrogens with zero attached hydrogens (tertiary/aromatic N) is 2. The van der Waals surface area contributed by atoms with E-state index in [4.69, 9.17) is 12.2 Å². The van der Waals surface area contributed by atoms with Crippen molar-refractivity contribution in [2.45, 2.75) is 50.9 Å². The minimum atomic E-state index is 0.622. The zero-order chi connectivity index (χ0) is 11.8. The SMILES string of the molecule is Cn1[nH]c(C2CCC3CCCCC3C2)nc1=S. The van der Waals surface area contributed by atoms with E-state index < -0.39 is 0 Å². The molecule has 17 heavy (non-hydrogen) atoms. The van der Waals surface area contributed by atoms with Crippen LogP contribution in [0.3, 0.4) is 0 Å². The lowest BCUT2D eigenvalue weighted by Crippen LogP contribution is -2.27. The molecule has 1 N–H and O–H groups in total. The molecule has 0 saturated heterocycles. The Labute approximate surface area is 108 Å². The van der Waals surface area contributed by atoms with Crippen molar-refractivity contribution in [1.82, 2.24) is 14.8 Å². The molecule has 0 aliphatic heterocycles. The molecule has 0 amide bonds. The van der Waals surface area contributed by atoms with Crippen molar-refractivity contribution < 1.29 is 0 Å². The number of hydrogen-bond donors (Lipinski definition) is 1. The maximum absolute atomic E-state index is 5.18. The Morgan fingerprint density at radius 3 is 2.65 bits per heavy atom. The summed E-state index contributed by atoms with van der Waals surface area (Å²) in [6.45, 7) is 0. The van der Waals surface area contributed by atoms with Crippen molar-refractivity contribution in [2.24, 2.45) is 18.9 Å². The second-order valence-corrected chi connectivity index (χ2v) is 6.13. The molecule has 94 valence electrons. The number of nitrogens with one attached hydrogen (secondary N) is 1. The lowest BCUT2D eigenvalue weighted by molar-refractivity contribution is 0.153. The third-order valence-electron chi connectivity index (χ3n) is 4.71. The highest BCUT2D eigenvalue weighted by Crippen LogP contribution is 2.45. The smallest absolute Gasteiger partial charge is 0.215 e. The van der Waals surface area contributed by atoms with Crippen molar-refractivity contribution in [3.8, 4) is 0 Å². The van der Waals surface area contributed by atoms with Crippen molar-refractivity contribution in [2.75, 3.05) is 0 Å². The molecule has 2 aliphatic rings. The lowest BCUT2D eigenvalue weighted by atomic mass is 9.67. The Morgan fingerprint density at radius 2 is 1.94 bits per heavy atom. The Morgan fingerprint density at radius 1 is 1.18 bits per heavy atom. The number of hydrogen-bond acceptors (Lipinski definition) is 2. The van der Waals surface area contributed by atoms with Crippen molar-refractivity contribution in [3.05, 3.63) is 10.6 Å². The van der Waals surface area contributed by atoms with E-state index in [1.54, 1.807) is 0 Å². The van der Waals surface area contributed by atoms with Gasteiger partial charge in [-0.05, 0) is 43.3 Å². The summed E-state index contributed by atoms with van der Waals surface area (Å²) in [5.74, 6) is 3.71. The maximum Gasteiger partial charge on any atom is 0.215 e. The highest BCUT2D eigenvalue weighted by atomic mass is 32.1. The third-order valence-corrected chi connectivity index (χ3v) is 5.08. The number of aromatic nitrogens is 3. The summed E-state index contributed by atoms with van der Waals surface area (Å²) >= 11 is 5.18. The van der Waals surface area contributed by atoms with Crippen LogP contribution in [0, 0.1) is 16.6 Å². The van der Waals surface area contributed by atoms with Crippen LogP contribution in [0.5, 0.6) is 0 Å². The fourth-order valence-electron chi connectivity index (χ4n) is 3.73. The van der Waals surface area contributed by atoms with Gasteiger partial charge in [0.1, 0.15) is 5.82 Å². The van der Waals surface area contributed by atoms with Crippen molar-refractivity contribution in [1.29, 1.82) is 0 Å². The Kier molecular flexibility index (Phi) is 3.07. The largest absolute Gasteiger partial charge is 0.283 e. The highest BCUT2D eigenvalue weighted by molar-refractivity contribution is 7.71. The summed E-state index contributed by atoms with van der Waals surface area (Å²) in [4.78, 5) is 4.49. The van der Waals surface area contributed by atoms with Gasteiger partial charge in [-0.25, -0.2) is 4.98 Å². The Hall–Kier alpha value is -0.640. The van der Waals surface area contributed by atoms with E-state index in [-0.39, 0.29) is 0 Å². The molecule has 0 spiro atoms. The number of H-pyrrole nitrogens is 1. The second kappa shape index (κ2) is 4.56. The topological polar surface area (TPSA) is 33.6 Å². The average Bonchev–Trinajstić information content (AvgIpc) is 2.69. The van der Waals surface area contributed by atoms with Crippen LogP contribution in [0.1, 0.15) is 56.7 Å². The zero-order valence-corrected chi connectivity index (χ0v) is 11.3. The molecule has 3 nitrogen and oxygen atoms in total. The molecule has 0 radical (unpaired) electrons. The second-order valence-electron chi connectivity index (χ2n) is 5.77. The molecule has 3 atom stereocenters. The molecule has 2 fully saturated rings. The summed E-state index contributed by atoms with van der Waals surface area (Å²) in [5.41, 5.74) is 0. The van der Waals surface area contributed by atoms with Gasteiger partial charge < -0.3 is 0 Å². The van der Waals surface area contributed by atoms with Gasteiger partial charge in [0.2, 0.25) is 4.77 Å². The normalized spacial score (nSPS) is 33.4. The first-order valence-electron chi connectivity index (χ1n) is 6.87. The van der Waals surface area contributed by atoms with Crippen LogP contribution >= 0.6 is 12.2 Å². The van der Waals surface area contributed by atoms with Crippen molar-refractivity contribution >= 4 is 12.2 Å². The minimum Gasteiger partial charge on any atom is -0.283 e. The van der Waals surface area contributed by atoms with E-state index in [0.29, 0.717) is 10.7 Å².